The minimum absolute atomic E-state index is 0.0203. The zero-order chi connectivity index (χ0) is 15.3. The van der Waals surface area contributed by atoms with Crippen LogP contribution in [-0.2, 0) is 9.59 Å². The van der Waals surface area contributed by atoms with Crippen LogP contribution in [0.25, 0.3) is 10.2 Å². The van der Waals surface area contributed by atoms with Crippen LogP contribution in [0.2, 0.25) is 0 Å². The molecule has 2 fully saturated rings. The number of rotatable bonds is 2. The van der Waals surface area contributed by atoms with Gasteiger partial charge in [0.25, 0.3) is 0 Å². The number of aryl methyl sites for hydroxylation is 1. The van der Waals surface area contributed by atoms with Crippen LogP contribution in [0.4, 0.5) is 5.82 Å². The maximum atomic E-state index is 11.9. The molecule has 0 bridgehead atoms. The van der Waals surface area contributed by atoms with Gasteiger partial charge in [0, 0.05) is 17.5 Å². The van der Waals surface area contributed by atoms with Gasteiger partial charge >= 0.3 is 0 Å². The topological polar surface area (TPSA) is 87.2 Å². The van der Waals surface area contributed by atoms with Gasteiger partial charge in [-0.3, -0.25) is 9.59 Å². The highest BCUT2D eigenvalue weighted by Crippen LogP contribution is 2.30. The molecule has 7 nitrogen and oxygen atoms in total. The first-order valence-corrected chi connectivity index (χ1v) is 7.98. The number of hydrogen-bond acceptors (Lipinski definition) is 6. The molecular formula is C14H15N5O2S. The monoisotopic (exact) mass is 317 g/mol. The molecule has 8 heteroatoms. The van der Waals surface area contributed by atoms with Crippen molar-refractivity contribution >= 4 is 39.2 Å². The summed E-state index contributed by atoms with van der Waals surface area (Å²) in [6.45, 7) is 2.67. The van der Waals surface area contributed by atoms with Crippen LogP contribution in [0.5, 0.6) is 0 Å². The normalized spacial score (nSPS) is 24.5. The Bertz CT molecular complexity index is 750. The van der Waals surface area contributed by atoms with Crippen molar-refractivity contribution in [1.82, 2.24) is 20.2 Å². The molecule has 2 aromatic heterocycles. The van der Waals surface area contributed by atoms with Gasteiger partial charge < -0.3 is 15.5 Å². The number of piperazine rings is 1. The Labute approximate surface area is 130 Å². The van der Waals surface area contributed by atoms with Gasteiger partial charge in [0.2, 0.25) is 11.8 Å². The Morgan fingerprint density at radius 3 is 3.09 bits per heavy atom. The molecule has 2 aliphatic rings. The summed E-state index contributed by atoms with van der Waals surface area (Å²) in [5.74, 6) is 0.684. The number of hydrogen-bond donors (Lipinski definition) is 2. The fraction of sp³-hybridized carbons (Fsp3) is 0.429. The van der Waals surface area contributed by atoms with E-state index in [9.17, 15) is 9.59 Å². The van der Waals surface area contributed by atoms with Crippen LogP contribution >= 0.6 is 11.3 Å². The Balaban J connectivity index is 1.59. The third-order valence-corrected chi connectivity index (χ3v) is 5.09. The minimum Gasteiger partial charge on any atom is -0.365 e. The number of nitrogens with one attached hydrogen (secondary N) is 2. The SMILES string of the molecule is Cc1cc2c(N[C@@H]3C[C@H]4C(=O)NCC(=O)N4C3)ncnc2s1. The Hall–Kier alpha value is -2.22. The van der Waals surface area contributed by atoms with Crippen molar-refractivity contribution in [3.8, 4) is 0 Å². The second-order valence-electron chi connectivity index (χ2n) is 5.65. The molecule has 2 saturated heterocycles. The zero-order valence-corrected chi connectivity index (χ0v) is 12.8. The summed E-state index contributed by atoms with van der Waals surface area (Å²) in [7, 11) is 0. The molecule has 0 spiro atoms. The van der Waals surface area contributed by atoms with Crippen LogP contribution in [0, 0.1) is 6.92 Å². The molecule has 2 atom stereocenters. The lowest BCUT2D eigenvalue weighted by Crippen LogP contribution is -2.55. The largest absolute Gasteiger partial charge is 0.365 e. The number of amides is 2. The molecule has 0 unspecified atom stereocenters. The molecule has 4 rings (SSSR count). The number of anilines is 1. The second kappa shape index (κ2) is 4.91. The van der Waals surface area contributed by atoms with Crippen molar-refractivity contribution in [2.45, 2.75) is 25.4 Å². The van der Waals surface area contributed by atoms with E-state index in [4.69, 9.17) is 0 Å². The Morgan fingerprint density at radius 1 is 1.41 bits per heavy atom. The molecular weight excluding hydrogens is 302 g/mol. The molecule has 2 N–H and O–H groups in total. The van der Waals surface area contributed by atoms with E-state index < -0.39 is 0 Å². The van der Waals surface area contributed by atoms with Gasteiger partial charge in [-0.15, -0.1) is 11.3 Å². The van der Waals surface area contributed by atoms with Crippen molar-refractivity contribution in [2.24, 2.45) is 0 Å². The summed E-state index contributed by atoms with van der Waals surface area (Å²) in [5.41, 5.74) is 0. The lowest BCUT2D eigenvalue weighted by atomic mass is 10.1. The van der Waals surface area contributed by atoms with Gasteiger partial charge in [0.05, 0.1) is 11.9 Å². The van der Waals surface area contributed by atoms with Gasteiger partial charge in [0.1, 0.15) is 23.0 Å². The number of nitrogens with zero attached hydrogens (tertiary/aromatic N) is 3. The van der Waals surface area contributed by atoms with Crippen molar-refractivity contribution < 1.29 is 9.59 Å². The van der Waals surface area contributed by atoms with E-state index in [0.29, 0.717) is 13.0 Å². The number of carbonyl (C=O) groups is 2. The Kier molecular flexibility index (Phi) is 3.00. The fourth-order valence-electron chi connectivity index (χ4n) is 3.13. The van der Waals surface area contributed by atoms with Crippen LogP contribution in [0.15, 0.2) is 12.4 Å². The van der Waals surface area contributed by atoms with E-state index in [2.05, 4.69) is 26.7 Å². The van der Waals surface area contributed by atoms with Crippen molar-refractivity contribution in [3.63, 3.8) is 0 Å². The van der Waals surface area contributed by atoms with E-state index in [1.807, 2.05) is 6.92 Å². The molecule has 0 aromatic carbocycles. The van der Waals surface area contributed by atoms with Crippen molar-refractivity contribution in [2.75, 3.05) is 18.4 Å². The standard InChI is InChI=1S/C14H15N5O2S/c1-7-2-9-12(16-6-17-14(9)22-7)18-8-3-10-13(21)15-4-11(20)19(10)5-8/h2,6,8,10H,3-5H2,1H3,(H,15,21)(H,16,17,18)/t8-,10+/m1/s1. The smallest absolute Gasteiger partial charge is 0.243 e. The van der Waals surface area contributed by atoms with Crippen LogP contribution in [0.3, 0.4) is 0 Å². The molecule has 2 aromatic rings. The summed E-state index contributed by atoms with van der Waals surface area (Å²) in [4.78, 5) is 36.1. The highest BCUT2D eigenvalue weighted by molar-refractivity contribution is 7.18. The number of aromatic nitrogens is 2. The predicted molar refractivity (Wildman–Crippen MR) is 82.7 cm³/mol. The number of thiophene rings is 1. The molecule has 2 amide bonds. The second-order valence-corrected chi connectivity index (χ2v) is 6.89. The predicted octanol–water partition coefficient (Wildman–Crippen LogP) is 0.511. The highest BCUT2D eigenvalue weighted by atomic mass is 32.1. The molecule has 22 heavy (non-hydrogen) atoms. The fourth-order valence-corrected chi connectivity index (χ4v) is 3.98. The number of fused-ring (bicyclic) bond motifs is 2. The third kappa shape index (κ3) is 2.10. The maximum absolute atomic E-state index is 11.9. The summed E-state index contributed by atoms with van der Waals surface area (Å²) >= 11 is 1.63. The van der Waals surface area contributed by atoms with Gasteiger partial charge in [-0.2, -0.15) is 0 Å². The van der Waals surface area contributed by atoms with Crippen LogP contribution < -0.4 is 10.6 Å². The summed E-state index contributed by atoms with van der Waals surface area (Å²) in [6.07, 6.45) is 2.15. The molecule has 0 saturated carbocycles. The average Bonchev–Trinajstić information content (AvgIpc) is 3.07. The highest BCUT2D eigenvalue weighted by Gasteiger charge is 2.42. The van der Waals surface area contributed by atoms with E-state index >= 15 is 0 Å². The zero-order valence-electron chi connectivity index (χ0n) is 12.0. The summed E-state index contributed by atoms with van der Waals surface area (Å²) in [6, 6.07) is 1.72. The lowest BCUT2D eigenvalue weighted by molar-refractivity contribution is -0.143. The molecule has 114 valence electrons. The molecule has 2 aliphatic heterocycles. The first-order chi connectivity index (χ1) is 10.6. The number of carbonyl (C=O) groups excluding carboxylic acids is 2. The summed E-state index contributed by atoms with van der Waals surface area (Å²) in [5, 5.41) is 7.01. The molecule has 0 radical (unpaired) electrons. The van der Waals surface area contributed by atoms with Gasteiger partial charge in [-0.25, -0.2) is 9.97 Å². The Morgan fingerprint density at radius 2 is 2.27 bits per heavy atom. The first kappa shape index (κ1) is 13.4. The minimum atomic E-state index is -0.361. The maximum Gasteiger partial charge on any atom is 0.243 e. The van der Waals surface area contributed by atoms with Crippen LogP contribution in [-0.4, -0.2) is 51.9 Å². The van der Waals surface area contributed by atoms with Crippen molar-refractivity contribution in [3.05, 3.63) is 17.3 Å². The molecule has 4 heterocycles. The molecule has 0 aliphatic carbocycles. The lowest BCUT2D eigenvalue weighted by Gasteiger charge is -2.28. The summed E-state index contributed by atoms with van der Waals surface area (Å²) < 4.78 is 0. The van der Waals surface area contributed by atoms with Crippen LogP contribution in [0.1, 0.15) is 11.3 Å². The van der Waals surface area contributed by atoms with Gasteiger partial charge in [-0.1, -0.05) is 0 Å². The van der Waals surface area contributed by atoms with Gasteiger partial charge in [-0.05, 0) is 19.4 Å². The first-order valence-electron chi connectivity index (χ1n) is 7.16. The quantitative estimate of drug-likeness (QED) is 0.843. The average molecular weight is 317 g/mol. The van der Waals surface area contributed by atoms with E-state index in [-0.39, 0.29) is 30.4 Å². The van der Waals surface area contributed by atoms with E-state index in [0.717, 1.165) is 16.0 Å². The van der Waals surface area contributed by atoms with E-state index in [1.54, 1.807) is 22.6 Å². The van der Waals surface area contributed by atoms with Gasteiger partial charge in [0.15, 0.2) is 0 Å². The van der Waals surface area contributed by atoms with Crippen molar-refractivity contribution in [1.29, 1.82) is 0 Å². The third-order valence-electron chi connectivity index (χ3n) is 4.13. The van der Waals surface area contributed by atoms with E-state index in [1.165, 1.54) is 4.88 Å².